The average molecular weight is 714 g/mol. The Morgan fingerprint density at radius 2 is 1.08 bits per heavy atom. The average Bonchev–Trinajstić information content (AvgIpc) is 3.14. The number of hydrogen-bond acceptors (Lipinski definition) is 8. The number of nitrogens with one attached hydrogen (secondary N) is 6. The quantitative estimate of drug-likeness (QED) is 0.124. The van der Waals surface area contributed by atoms with Crippen LogP contribution in [0.1, 0.15) is 34.5 Å². The van der Waals surface area contributed by atoms with Gasteiger partial charge in [-0.15, -0.1) is 0 Å². The van der Waals surface area contributed by atoms with Gasteiger partial charge in [0, 0.05) is 37.6 Å². The van der Waals surface area contributed by atoms with Gasteiger partial charge in [-0.25, -0.2) is 9.59 Å². The molecule has 4 amide bonds. The number of hydrogen-bond donors (Lipinski definition) is 6. The molecule has 256 valence electrons. The number of benzene rings is 4. The summed E-state index contributed by atoms with van der Waals surface area (Å²) in [4.78, 5) is 24.2. The van der Waals surface area contributed by atoms with Crippen LogP contribution in [-0.2, 0) is 9.47 Å². The third-order valence-electron chi connectivity index (χ3n) is 7.58. The molecule has 0 spiro atoms. The van der Waals surface area contributed by atoms with Gasteiger partial charge in [0.15, 0.2) is 0 Å². The fourth-order valence-corrected chi connectivity index (χ4v) is 5.60. The molecule has 4 aromatic carbocycles. The van der Waals surface area contributed by atoms with E-state index in [0.29, 0.717) is 57.1 Å². The van der Waals surface area contributed by atoms with Crippen LogP contribution in [-0.4, -0.2) is 51.5 Å². The van der Waals surface area contributed by atoms with Gasteiger partial charge in [-0.05, 0) is 71.8 Å². The molecule has 50 heavy (non-hydrogen) atoms. The Bertz CT molecular complexity index is 1760. The monoisotopic (exact) mass is 712 g/mol. The van der Waals surface area contributed by atoms with E-state index in [1.54, 1.807) is 72.8 Å². The summed E-state index contributed by atoms with van der Waals surface area (Å²) >= 11 is 12.6. The predicted molar refractivity (Wildman–Crippen MR) is 194 cm³/mol. The van der Waals surface area contributed by atoms with Crippen molar-refractivity contribution < 1.29 is 19.1 Å². The Balaban J connectivity index is 0.000000194. The molecule has 14 heteroatoms. The zero-order valence-electron chi connectivity index (χ0n) is 26.8. The van der Waals surface area contributed by atoms with Crippen LogP contribution in [0.15, 0.2) is 84.9 Å². The van der Waals surface area contributed by atoms with Crippen LogP contribution in [0, 0.1) is 22.7 Å². The summed E-state index contributed by atoms with van der Waals surface area (Å²) < 4.78 is 11.4. The number of nitriles is 2. The molecular formula is C36H34Cl2N8O4. The van der Waals surface area contributed by atoms with Gasteiger partial charge in [0.2, 0.25) is 0 Å². The van der Waals surface area contributed by atoms with Gasteiger partial charge < -0.3 is 41.4 Å². The molecule has 0 saturated carbocycles. The second kappa shape index (κ2) is 18.0. The molecule has 2 heterocycles. The maximum absolute atomic E-state index is 12.1. The third-order valence-corrected chi connectivity index (χ3v) is 8.21. The van der Waals surface area contributed by atoms with E-state index in [-0.39, 0.29) is 12.2 Å². The topological polar surface area (TPSA) is 172 Å². The highest BCUT2D eigenvalue weighted by molar-refractivity contribution is 6.34. The van der Waals surface area contributed by atoms with Gasteiger partial charge >= 0.3 is 12.1 Å². The predicted octanol–water partition coefficient (Wildman–Crippen LogP) is 7.03. The molecule has 6 N–H and O–H groups in total. The van der Waals surface area contributed by atoms with Crippen molar-refractivity contribution in [2.45, 2.75) is 12.2 Å². The van der Waals surface area contributed by atoms with Gasteiger partial charge in [0.25, 0.3) is 0 Å². The number of urea groups is 2. The maximum atomic E-state index is 12.1. The third kappa shape index (κ3) is 10.4. The molecule has 0 bridgehead atoms. The lowest BCUT2D eigenvalue weighted by Crippen LogP contribution is -2.33. The van der Waals surface area contributed by atoms with Crippen molar-refractivity contribution in [3.63, 3.8) is 0 Å². The van der Waals surface area contributed by atoms with Gasteiger partial charge in [0.05, 0.1) is 70.1 Å². The first-order valence-electron chi connectivity index (χ1n) is 15.7. The van der Waals surface area contributed by atoms with Crippen LogP contribution in [0.2, 0.25) is 10.0 Å². The van der Waals surface area contributed by atoms with Crippen molar-refractivity contribution in [2.75, 3.05) is 60.7 Å². The molecule has 0 radical (unpaired) electrons. The summed E-state index contributed by atoms with van der Waals surface area (Å²) in [6.45, 7) is 4.48. The van der Waals surface area contributed by atoms with Crippen LogP contribution in [0.3, 0.4) is 0 Å². The van der Waals surface area contributed by atoms with E-state index in [4.69, 9.17) is 43.2 Å². The van der Waals surface area contributed by atoms with Crippen LogP contribution in [0.5, 0.6) is 0 Å². The minimum Gasteiger partial charge on any atom is -0.371 e. The Morgan fingerprint density at radius 1 is 0.640 bits per heavy atom. The lowest BCUT2D eigenvalue weighted by Gasteiger charge is -2.24. The fraction of sp³-hybridized carbons (Fsp3) is 0.222. The molecular weight excluding hydrogens is 679 g/mol. The molecule has 4 aromatic rings. The summed E-state index contributed by atoms with van der Waals surface area (Å²) in [7, 11) is 0. The first-order valence-corrected chi connectivity index (χ1v) is 16.5. The highest BCUT2D eigenvalue weighted by Crippen LogP contribution is 2.29. The van der Waals surface area contributed by atoms with Crippen molar-refractivity contribution in [2.24, 2.45) is 0 Å². The number of nitrogens with zero attached hydrogens (tertiary/aromatic N) is 2. The second-order valence-corrected chi connectivity index (χ2v) is 12.0. The molecule has 2 aliphatic rings. The first kappa shape index (κ1) is 36.1. The summed E-state index contributed by atoms with van der Waals surface area (Å²) in [6.07, 6.45) is -0.0781. The molecule has 12 nitrogen and oxygen atoms in total. The molecule has 2 aliphatic heterocycles. The number of rotatable bonds is 6. The Labute approximate surface area is 299 Å². The summed E-state index contributed by atoms with van der Waals surface area (Å²) in [5.41, 5.74) is 4.94. The fourth-order valence-electron chi connectivity index (χ4n) is 5.13. The van der Waals surface area contributed by atoms with Crippen molar-refractivity contribution in [1.29, 1.82) is 10.5 Å². The number of carbonyl (C=O) groups excluding carboxylic acids is 2. The number of anilines is 4. The molecule has 6 rings (SSSR count). The van der Waals surface area contributed by atoms with Gasteiger partial charge in [0.1, 0.15) is 0 Å². The van der Waals surface area contributed by atoms with Crippen LogP contribution >= 0.6 is 23.2 Å². The van der Waals surface area contributed by atoms with Gasteiger partial charge in [-0.3, -0.25) is 0 Å². The number of amides is 4. The number of carbonyl (C=O) groups is 2. The minimum atomic E-state index is -0.430. The smallest absolute Gasteiger partial charge is 0.323 e. The second-order valence-electron chi connectivity index (χ2n) is 11.1. The standard InChI is InChI=1S/2C18H17ClN4O2/c2*19-15-9-13(17-11-21-6-7-25-17)4-5-16(15)23-18(24)22-14-3-1-2-12(8-14)10-20/h2*1-5,8-9,17,21H,6-7,11H2,(H2,22,23,24)/t2*17-/m10/s1. The Hall–Kier alpha value is -5.18. The lowest BCUT2D eigenvalue weighted by atomic mass is 10.1. The van der Waals surface area contributed by atoms with E-state index in [9.17, 15) is 9.59 Å². The van der Waals surface area contributed by atoms with Crippen molar-refractivity contribution in [3.05, 3.63) is 117 Å². The number of ether oxygens (including phenoxy) is 2. The van der Waals surface area contributed by atoms with Crippen LogP contribution in [0.25, 0.3) is 0 Å². The van der Waals surface area contributed by atoms with E-state index in [1.165, 1.54) is 0 Å². The first-order chi connectivity index (χ1) is 24.3. The summed E-state index contributed by atoms with van der Waals surface area (Å²) in [5.74, 6) is 0. The lowest BCUT2D eigenvalue weighted by molar-refractivity contribution is 0.0276. The largest absolute Gasteiger partial charge is 0.371 e. The highest BCUT2D eigenvalue weighted by Gasteiger charge is 2.18. The maximum Gasteiger partial charge on any atom is 0.323 e. The number of morpholine rings is 2. The van der Waals surface area contributed by atoms with Crippen LogP contribution < -0.4 is 31.9 Å². The van der Waals surface area contributed by atoms with Crippen molar-refractivity contribution >= 4 is 58.0 Å². The van der Waals surface area contributed by atoms with E-state index >= 15 is 0 Å². The van der Waals surface area contributed by atoms with Crippen molar-refractivity contribution in [3.8, 4) is 12.1 Å². The molecule has 0 aliphatic carbocycles. The Kier molecular flexibility index (Phi) is 13.0. The van der Waals surface area contributed by atoms with Crippen molar-refractivity contribution in [1.82, 2.24) is 10.6 Å². The van der Waals surface area contributed by atoms with E-state index in [2.05, 4.69) is 31.9 Å². The van der Waals surface area contributed by atoms with Crippen LogP contribution in [0.4, 0.5) is 32.3 Å². The highest BCUT2D eigenvalue weighted by atomic mass is 35.5. The minimum absolute atomic E-state index is 0.0390. The normalized spacial score (nSPS) is 16.7. The molecule has 2 atom stereocenters. The molecule has 2 saturated heterocycles. The van der Waals surface area contributed by atoms with E-state index in [1.807, 2.05) is 24.3 Å². The zero-order valence-corrected chi connectivity index (χ0v) is 28.3. The summed E-state index contributed by atoms with van der Waals surface area (Å²) in [6, 6.07) is 27.4. The van der Waals surface area contributed by atoms with E-state index < -0.39 is 12.1 Å². The van der Waals surface area contributed by atoms with E-state index in [0.717, 1.165) is 37.3 Å². The van der Waals surface area contributed by atoms with Gasteiger partial charge in [-0.2, -0.15) is 10.5 Å². The molecule has 0 aromatic heterocycles. The zero-order chi connectivity index (χ0) is 35.3. The SMILES string of the molecule is N#Cc1cccc(NC(=O)Nc2ccc([C@@H]3CNCCO3)cc2Cl)c1.N#Cc1cccc(NC(=O)Nc2ccc([C@H]3CNCCO3)cc2Cl)c1. The number of halogens is 2. The molecule has 0 unspecified atom stereocenters. The summed E-state index contributed by atoms with van der Waals surface area (Å²) in [5, 5.41) is 35.9. The van der Waals surface area contributed by atoms with Gasteiger partial charge in [-0.1, -0.05) is 47.5 Å². The molecule has 2 fully saturated rings. The Morgan fingerprint density at radius 3 is 1.44 bits per heavy atom.